The van der Waals surface area contributed by atoms with Crippen LogP contribution >= 0.6 is 15.9 Å². The van der Waals surface area contributed by atoms with Crippen molar-refractivity contribution in [3.05, 3.63) is 22.2 Å². The molecule has 2 aliphatic heterocycles. The summed E-state index contributed by atoms with van der Waals surface area (Å²) in [6, 6.07) is 3.23. The van der Waals surface area contributed by atoms with E-state index < -0.39 is 11.5 Å². The van der Waals surface area contributed by atoms with Gasteiger partial charge in [0.1, 0.15) is 0 Å². The number of hydrogen-bond acceptors (Lipinski definition) is 5. The maximum Gasteiger partial charge on any atom is 0.305 e. The number of carbonyl (C=O) groups is 2. The summed E-state index contributed by atoms with van der Waals surface area (Å²) >= 11 is 3.35. The van der Waals surface area contributed by atoms with Crippen LogP contribution in [-0.4, -0.2) is 42.5 Å². The van der Waals surface area contributed by atoms with Crippen molar-refractivity contribution in [1.82, 2.24) is 5.32 Å². The minimum Gasteiger partial charge on any atom is -0.481 e. The van der Waals surface area contributed by atoms with Gasteiger partial charge in [-0.1, -0.05) is 0 Å². The molecule has 124 valence electrons. The minimum atomic E-state index is -0.945. The summed E-state index contributed by atoms with van der Waals surface area (Å²) in [6.45, 7) is 0.968. The quantitative estimate of drug-likeness (QED) is 0.822. The van der Waals surface area contributed by atoms with Gasteiger partial charge in [0.2, 0.25) is 6.79 Å². The van der Waals surface area contributed by atoms with Gasteiger partial charge in [-0.25, -0.2) is 0 Å². The van der Waals surface area contributed by atoms with E-state index in [0.717, 1.165) is 0 Å². The Balaban J connectivity index is 1.82. The molecule has 0 atom stereocenters. The number of nitrogens with one attached hydrogen (secondary N) is 1. The largest absolute Gasteiger partial charge is 0.481 e. The van der Waals surface area contributed by atoms with Gasteiger partial charge in [-0.2, -0.15) is 0 Å². The highest BCUT2D eigenvalue weighted by Gasteiger charge is 2.37. The van der Waals surface area contributed by atoms with E-state index in [1.165, 1.54) is 0 Å². The van der Waals surface area contributed by atoms with Gasteiger partial charge in [0.25, 0.3) is 5.91 Å². The van der Waals surface area contributed by atoms with Crippen LogP contribution in [-0.2, 0) is 9.53 Å². The Morgan fingerprint density at radius 3 is 2.70 bits per heavy atom. The normalized spacial score (nSPS) is 18.5. The molecular formula is C15H16BrNO6. The summed E-state index contributed by atoms with van der Waals surface area (Å²) < 4.78 is 16.5. The van der Waals surface area contributed by atoms with Crippen LogP contribution in [0.1, 0.15) is 29.6 Å². The smallest absolute Gasteiger partial charge is 0.305 e. The van der Waals surface area contributed by atoms with Crippen LogP contribution in [0.4, 0.5) is 0 Å². The molecule has 23 heavy (non-hydrogen) atoms. The van der Waals surface area contributed by atoms with Crippen LogP contribution in [0.15, 0.2) is 16.6 Å². The molecular weight excluding hydrogens is 370 g/mol. The van der Waals surface area contributed by atoms with Gasteiger partial charge >= 0.3 is 5.97 Å². The molecule has 0 radical (unpaired) electrons. The van der Waals surface area contributed by atoms with Crippen molar-refractivity contribution in [1.29, 1.82) is 0 Å². The number of carboxylic acids is 1. The number of carboxylic acid groups (broad SMARTS) is 1. The summed E-state index contributed by atoms with van der Waals surface area (Å²) in [6.07, 6.45) is 0.807. The van der Waals surface area contributed by atoms with Crippen molar-refractivity contribution >= 4 is 27.8 Å². The molecule has 7 nitrogen and oxygen atoms in total. The Morgan fingerprint density at radius 1 is 1.26 bits per heavy atom. The highest BCUT2D eigenvalue weighted by Crippen LogP contribution is 2.40. The lowest BCUT2D eigenvalue weighted by atomic mass is 9.86. The molecule has 8 heteroatoms. The fourth-order valence-corrected chi connectivity index (χ4v) is 3.37. The highest BCUT2D eigenvalue weighted by molar-refractivity contribution is 9.10. The van der Waals surface area contributed by atoms with Crippen LogP contribution < -0.4 is 14.8 Å². The second-order valence-corrected chi connectivity index (χ2v) is 6.46. The highest BCUT2D eigenvalue weighted by atomic mass is 79.9. The fourth-order valence-electron chi connectivity index (χ4n) is 2.81. The topological polar surface area (TPSA) is 94.1 Å². The van der Waals surface area contributed by atoms with E-state index in [0.29, 0.717) is 47.6 Å². The first-order chi connectivity index (χ1) is 11.0. The molecule has 2 aliphatic rings. The third kappa shape index (κ3) is 3.42. The van der Waals surface area contributed by atoms with Crippen molar-refractivity contribution in [2.75, 3.05) is 20.0 Å². The van der Waals surface area contributed by atoms with Crippen LogP contribution in [0.25, 0.3) is 0 Å². The molecule has 2 N–H and O–H groups in total. The average Bonchev–Trinajstić information content (AvgIpc) is 2.96. The zero-order valence-corrected chi connectivity index (χ0v) is 13.8. The number of aliphatic carboxylic acids is 1. The van der Waals surface area contributed by atoms with E-state index in [9.17, 15) is 9.59 Å². The third-order valence-electron chi connectivity index (χ3n) is 4.01. The van der Waals surface area contributed by atoms with Gasteiger partial charge in [0, 0.05) is 18.8 Å². The van der Waals surface area contributed by atoms with Crippen LogP contribution in [0.3, 0.4) is 0 Å². The maximum absolute atomic E-state index is 12.6. The molecule has 0 bridgehead atoms. The van der Waals surface area contributed by atoms with Gasteiger partial charge in [-0.05, 0) is 40.9 Å². The van der Waals surface area contributed by atoms with Crippen molar-refractivity contribution in [2.45, 2.75) is 24.8 Å². The monoisotopic (exact) mass is 385 g/mol. The Hall–Kier alpha value is -1.80. The second kappa shape index (κ2) is 6.37. The number of ether oxygens (including phenoxy) is 3. The predicted molar refractivity (Wildman–Crippen MR) is 82.8 cm³/mol. The van der Waals surface area contributed by atoms with Gasteiger partial charge in [-0.3, -0.25) is 9.59 Å². The molecule has 1 amide bonds. The van der Waals surface area contributed by atoms with Crippen molar-refractivity contribution < 1.29 is 28.9 Å². The number of hydrogen-bond donors (Lipinski definition) is 2. The lowest BCUT2D eigenvalue weighted by Gasteiger charge is -2.36. The van der Waals surface area contributed by atoms with Crippen LogP contribution in [0.5, 0.6) is 11.5 Å². The predicted octanol–water partition coefficient (Wildman–Crippen LogP) is 1.93. The number of fused-ring (bicyclic) bond motifs is 1. The molecule has 1 saturated heterocycles. The SMILES string of the molecule is O=C(O)CC1(NC(=O)c2cc(Br)c3c(c2)OCO3)CCOCC1. The van der Waals surface area contributed by atoms with Gasteiger partial charge < -0.3 is 24.6 Å². The third-order valence-corrected chi connectivity index (χ3v) is 4.60. The summed E-state index contributed by atoms with van der Waals surface area (Å²) in [7, 11) is 0. The molecule has 0 unspecified atom stereocenters. The molecule has 0 aromatic heterocycles. The van der Waals surface area contributed by atoms with Gasteiger partial charge in [0.05, 0.1) is 16.4 Å². The number of carbonyl (C=O) groups excluding carboxylic acids is 1. The lowest BCUT2D eigenvalue weighted by molar-refractivity contribution is -0.139. The maximum atomic E-state index is 12.6. The van der Waals surface area contributed by atoms with Crippen LogP contribution in [0.2, 0.25) is 0 Å². The van der Waals surface area contributed by atoms with E-state index in [2.05, 4.69) is 21.2 Å². The Kier molecular flexibility index (Phi) is 4.45. The number of amides is 1. The Bertz CT molecular complexity index is 641. The van der Waals surface area contributed by atoms with Gasteiger partial charge in [-0.15, -0.1) is 0 Å². The number of rotatable bonds is 4. The fraction of sp³-hybridized carbons (Fsp3) is 0.467. The average molecular weight is 386 g/mol. The van der Waals surface area contributed by atoms with E-state index in [4.69, 9.17) is 19.3 Å². The summed E-state index contributed by atoms with van der Waals surface area (Å²) in [5.41, 5.74) is -0.401. The molecule has 1 fully saturated rings. The lowest BCUT2D eigenvalue weighted by Crippen LogP contribution is -2.53. The molecule has 1 aromatic carbocycles. The molecule has 3 rings (SSSR count). The van der Waals surface area contributed by atoms with Crippen molar-refractivity contribution in [3.8, 4) is 11.5 Å². The molecule has 1 aromatic rings. The van der Waals surface area contributed by atoms with E-state index in [-0.39, 0.29) is 19.1 Å². The number of benzene rings is 1. The first-order valence-corrected chi connectivity index (χ1v) is 8.00. The first kappa shape index (κ1) is 16.1. The molecule has 0 aliphatic carbocycles. The van der Waals surface area contributed by atoms with Crippen LogP contribution in [0, 0.1) is 0 Å². The minimum absolute atomic E-state index is 0.110. The zero-order valence-electron chi connectivity index (χ0n) is 12.3. The van der Waals surface area contributed by atoms with Gasteiger partial charge in [0.15, 0.2) is 11.5 Å². The number of halogens is 1. The van der Waals surface area contributed by atoms with Crippen molar-refractivity contribution in [2.24, 2.45) is 0 Å². The molecule has 2 heterocycles. The summed E-state index contributed by atoms with van der Waals surface area (Å²) in [5.74, 6) is -0.233. The Labute approximate surface area is 141 Å². The van der Waals surface area contributed by atoms with E-state index in [1.54, 1.807) is 12.1 Å². The Morgan fingerprint density at radius 2 is 2.00 bits per heavy atom. The van der Waals surface area contributed by atoms with E-state index >= 15 is 0 Å². The summed E-state index contributed by atoms with van der Waals surface area (Å²) in [5, 5.41) is 12.0. The molecule has 0 saturated carbocycles. The zero-order chi connectivity index (χ0) is 16.4. The second-order valence-electron chi connectivity index (χ2n) is 5.61. The van der Waals surface area contributed by atoms with Crippen molar-refractivity contribution in [3.63, 3.8) is 0 Å². The molecule has 0 spiro atoms. The van der Waals surface area contributed by atoms with E-state index in [1.807, 2.05) is 0 Å². The standard InChI is InChI=1S/C15H16BrNO6/c16-10-5-9(6-11-13(10)23-8-22-11)14(20)17-15(7-12(18)19)1-3-21-4-2-15/h5-6H,1-4,7-8H2,(H,17,20)(H,18,19). The summed E-state index contributed by atoms with van der Waals surface area (Å²) in [4.78, 5) is 23.8. The first-order valence-electron chi connectivity index (χ1n) is 7.20.